The van der Waals surface area contributed by atoms with Gasteiger partial charge < -0.3 is 9.72 Å². The van der Waals surface area contributed by atoms with Gasteiger partial charge in [-0.15, -0.1) is 0 Å². The summed E-state index contributed by atoms with van der Waals surface area (Å²) in [4.78, 5) is 24.6. The summed E-state index contributed by atoms with van der Waals surface area (Å²) < 4.78 is 7.35. The minimum Gasteiger partial charge on any atom is -0.381 e. The normalized spacial score (nSPS) is 15.0. The molecule has 0 spiro atoms. The van der Waals surface area contributed by atoms with Crippen molar-refractivity contribution in [1.82, 2.24) is 24.7 Å². The molecule has 0 amide bonds. The van der Waals surface area contributed by atoms with Crippen molar-refractivity contribution >= 4 is 11.0 Å². The molecule has 1 aromatic carbocycles. The number of aromatic nitrogens is 5. The molecular formula is C22H21N5O2. The van der Waals surface area contributed by atoms with E-state index in [0.717, 1.165) is 29.5 Å². The van der Waals surface area contributed by atoms with Gasteiger partial charge in [-0.1, -0.05) is 30.3 Å². The minimum atomic E-state index is -0.151. The third-order valence-corrected chi connectivity index (χ3v) is 5.40. The molecule has 0 unspecified atom stereocenters. The van der Waals surface area contributed by atoms with Crippen molar-refractivity contribution in [3.8, 4) is 11.1 Å². The molecule has 0 bridgehead atoms. The molecule has 4 aromatic rings. The van der Waals surface area contributed by atoms with E-state index >= 15 is 0 Å². The topological polar surface area (TPSA) is 85.7 Å². The zero-order valence-electron chi connectivity index (χ0n) is 15.9. The lowest BCUT2D eigenvalue weighted by atomic mass is 9.99. The molecule has 146 valence electrons. The van der Waals surface area contributed by atoms with E-state index in [1.165, 1.54) is 0 Å². The van der Waals surface area contributed by atoms with Crippen LogP contribution in [0.1, 0.15) is 30.3 Å². The molecule has 7 nitrogen and oxygen atoms in total. The second kappa shape index (κ2) is 7.60. The van der Waals surface area contributed by atoms with E-state index in [4.69, 9.17) is 9.72 Å². The SMILES string of the molecule is O=c1[nH]c(Cc2ccccc2-c2cccnc2)nc2c1cnn2C1CCOCC1. The van der Waals surface area contributed by atoms with Crippen LogP contribution in [0, 0.1) is 0 Å². The molecule has 1 aliphatic heterocycles. The smallest absolute Gasteiger partial charge is 0.262 e. The lowest BCUT2D eigenvalue weighted by Crippen LogP contribution is -2.21. The van der Waals surface area contributed by atoms with Crippen LogP contribution in [-0.4, -0.2) is 37.9 Å². The van der Waals surface area contributed by atoms with Crippen LogP contribution >= 0.6 is 0 Å². The summed E-state index contributed by atoms with van der Waals surface area (Å²) in [5.41, 5.74) is 3.71. The van der Waals surface area contributed by atoms with Gasteiger partial charge in [-0.05, 0) is 30.0 Å². The first-order valence-corrected chi connectivity index (χ1v) is 9.82. The Kier molecular flexibility index (Phi) is 4.65. The van der Waals surface area contributed by atoms with E-state index in [0.29, 0.717) is 36.5 Å². The average Bonchev–Trinajstić information content (AvgIpc) is 3.20. The largest absolute Gasteiger partial charge is 0.381 e. The fourth-order valence-electron chi connectivity index (χ4n) is 3.92. The summed E-state index contributed by atoms with van der Waals surface area (Å²) in [6.07, 6.45) is 7.50. The molecule has 3 aromatic heterocycles. The Morgan fingerprint density at radius 1 is 1.10 bits per heavy atom. The number of hydrogen-bond donors (Lipinski definition) is 1. The highest BCUT2D eigenvalue weighted by Gasteiger charge is 2.20. The lowest BCUT2D eigenvalue weighted by Gasteiger charge is -2.22. The fraction of sp³-hybridized carbons (Fsp3) is 0.273. The highest BCUT2D eigenvalue weighted by Crippen LogP contribution is 2.26. The maximum atomic E-state index is 12.7. The molecule has 0 aliphatic carbocycles. The van der Waals surface area contributed by atoms with E-state index in [1.54, 1.807) is 12.4 Å². The molecule has 4 heterocycles. The monoisotopic (exact) mass is 387 g/mol. The second-order valence-corrected chi connectivity index (χ2v) is 7.26. The number of fused-ring (bicyclic) bond motifs is 1. The molecule has 29 heavy (non-hydrogen) atoms. The third kappa shape index (κ3) is 3.45. The van der Waals surface area contributed by atoms with Crippen LogP contribution < -0.4 is 5.56 Å². The predicted molar refractivity (Wildman–Crippen MR) is 110 cm³/mol. The van der Waals surface area contributed by atoms with Crippen molar-refractivity contribution in [2.45, 2.75) is 25.3 Å². The molecule has 0 radical (unpaired) electrons. The standard InChI is InChI=1S/C22H21N5O2/c28-22-19-14-24-27(17-7-10-29-11-8-17)21(19)25-20(26-22)12-15-4-1-2-6-18(15)16-5-3-9-23-13-16/h1-6,9,13-14,17H,7-8,10-12H2,(H,25,26,28). The van der Waals surface area contributed by atoms with Gasteiger partial charge in [-0.2, -0.15) is 5.10 Å². The van der Waals surface area contributed by atoms with E-state index in [9.17, 15) is 4.79 Å². The fourth-order valence-corrected chi connectivity index (χ4v) is 3.92. The van der Waals surface area contributed by atoms with Crippen LogP contribution in [0.2, 0.25) is 0 Å². The number of aromatic amines is 1. The van der Waals surface area contributed by atoms with Crippen LogP contribution in [-0.2, 0) is 11.2 Å². The maximum absolute atomic E-state index is 12.7. The molecule has 1 N–H and O–H groups in total. The van der Waals surface area contributed by atoms with Crippen LogP contribution in [0.25, 0.3) is 22.2 Å². The zero-order chi connectivity index (χ0) is 19.6. The van der Waals surface area contributed by atoms with Crippen molar-refractivity contribution in [3.05, 3.63) is 76.7 Å². The molecular weight excluding hydrogens is 366 g/mol. The molecule has 1 aliphatic rings. The van der Waals surface area contributed by atoms with Crippen LogP contribution in [0.15, 0.2) is 59.8 Å². The van der Waals surface area contributed by atoms with Crippen molar-refractivity contribution in [3.63, 3.8) is 0 Å². The molecule has 0 atom stereocenters. The van der Waals surface area contributed by atoms with Crippen molar-refractivity contribution in [1.29, 1.82) is 0 Å². The van der Waals surface area contributed by atoms with Gasteiger partial charge in [0.2, 0.25) is 0 Å². The number of pyridine rings is 1. The summed E-state index contributed by atoms with van der Waals surface area (Å²) >= 11 is 0. The summed E-state index contributed by atoms with van der Waals surface area (Å²) in [7, 11) is 0. The number of H-pyrrole nitrogens is 1. The van der Waals surface area contributed by atoms with Gasteiger partial charge in [-0.3, -0.25) is 9.78 Å². The molecule has 1 fully saturated rings. The van der Waals surface area contributed by atoms with Gasteiger partial charge in [-0.25, -0.2) is 9.67 Å². The highest BCUT2D eigenvalue weighted by atomic mass is 16.5. The second-order valence-electron chi connectivity index (χ2n) is 7.26. The number of ether oxygens (including phenoxy) is 1. The van der Waals surface area contributed by atoms with Gasteiger partial charge in [0.05, 0.1) is 12.2 Å². The Morgan fingerprint density at radius 2 is 1.97 bits per heavy atom. The van der Waals surface area contributed by atoms with E-state index in [2.05, 4.69) is 27.2 Å². The van der Waals surface area contributed by atoms with Crippen LogP contribution in [0.4, 0.5) is 0 Å². The van der Waals surface area contributed by atoms with Crippen molar-refractivity contribution in [2.75, 3.05) is 13.2 Å². The summed E-state index contributed by atoms with van der Waals surface area (Å²) in [6, 6.07) is 12.3. The molecule has 5 rings (SSSR count). The van der Waals surface area contributed by atoms with E-state index < -0.39 is 0 Å². The molecule has 1 saturated heterocycles. The maximum Gasteiger partial charge on any atom is 0.262 e. The minimum absolute atomic E-state index is 0.151. The number of rotatable bonds is 4. The first kappa shape index (κ1) is 17.8. The first-order valence-electron chi connectivity index (χ1n) is 9.82. The van der Waals surface area contributed by atoms with Gasteiger partial charge >= 0.3 is 0 Å². The number of benzene rings is 1. The number of nitrogens with zero attached hydrogens (tertiary/aromatic N) is 4. The number of hydrogen-bond acceptors (Lipinski definition) is 5. The Balaban J connectivity index is 1.54. The van der Waals surface area contributed by atoms with Gasteiger partial charge in [0.25, 0.3) is 5.56 Å². The quantitative estimate of drug-likeness (QED) is 0.581. The van der Waals surface area contributed by atoms with E-state index in [1.807, 2.05) is 35.1 Å². The summed E-state index contributed by atoms with van der Waals surface area (Å²) in [5.74, 6) is 0.632. The van der Waals surface area contributed by atoms with Crippen LogP contribution in [0.5, 0.6) is 0 Å². The molecule has 0 saturated carbocycles. The third-order valence-electron chi connectivity index (χ3n) is 5.40. The summed E-state index contributed by atoms with van der Waals surface area (Å²) in [5, 5.41) is 4.99. The Bertz CT molecular complexity index is 1190. The van der Waals surface area contributed by atoms with E-state index in [-0.39, 0.29) is 11.6 Å². The first-order chi connectivity index (χ1) is 14.3. The Labute approximate surface area is 167 Å². The zero-order valence-corrected chi connectivity index (χ0v) is 15.9. The van der Waals surface area contributed by atoms with Gasteiger partial charge in [0.1, 0.15) is 11.2 Å². The Morgan fingerprint density at radius 3 is 2.79 bits per heavy atom. The number of nitrogens with one attached hydrogen (secondary N) is 1. The van der Waals surface area contributed by atoms with Gasteiger partial charge in [0, 0.05) is 37.6 Å². The summed E-state index contributed by atoms with van der Waals surface area (Å²) in [6.45, 7) is 1.42. The van der Waals surface area contributed by atoms with Crippen molar-refractivity contribution < 1.29 is 4.74 Å². The van der Waals surface area contributed by atoms with Gasteiger partial charge in [0.15, 0.2) is 5.65 Å². The predicted octanol–water partition coefficient (Wildman–Crippen LogP) is 3.12. The molecule has 7 heteroatoms. The van der Waals surface area contributed by atoms with Crippen LogP contribution in [0.3, 0.4) is 0 Å². The average molecular weight is 387 g/mol. The Hall–Kier alpha value is -3.32. The van der Waals surface area contributed by atoms with Crippen molar-refractivity contribution in [2.24, 2.45) is 0 Å². The lowest BCUT2D eigenvalue weighted by molar-refractivity contribution is 0.0673. The highest BCUT2D eigenvalue weighted by molar-refractivity contribution is 5.73.